The van der Waals surface area contributed by atoms with Gasteiger partial charge in [-0.3, -0.25) is 4.68 Å². The average molecular weight is 155 g/mol. The Morgan fingerprint density at radius 1 is 1.82 bits per heavy atom. The van der Waals surface area contributed by atoms with Crippen molar-refractivity contribution in [1.29, 1.82) is 0 Å². The van der Waals surface area contributed by atoms with Crippen LogP contribution in [0, 0.1) is 0 Å². The van der Waals surface area contributed by atoms with Gasteiger partial charge in [-0.25, -0.2) is 0 Å². The van der Waals surface area contributed by atoms with Gasteiger partial charge < -0.3 is 10.5 Å². The summed E-state index contributed by atoms with van der Waals surface area (Å²) in [7, 11) is 1.68. The number of rotatable bonds is 3. The van der Waals surface area contributed by atoms with E-state index in [0.717, 1.165) is 6.54 Å². The average Bonchev–Trinajstić information content (AvgIpc) is 2.35. The maximum Gasteiger partial charge on any atom is 0.145 e. The smallest absolute Gasteiger partial charge is 0.145 e. The van der Waals surface area contributed by atoms with Crippen molar-refractivity contribution in [1.82, 2.24) is 9.78 Å². The molecular weight excluding hydrogens is 142 g/mol. The van der Waals surface area contributed by atoms with Crippen LogP contribution in [-0.4, -0.2) is 23.0 Å². The highest BCUT2D eigenvalue weighted by atomic mass is 16.5. The normalized spacial score (nSPS) is 13.3. The Morgan fingerprint density at radius 2 is 2.55 bits per heavy atom. The number of nitrogens with two attached hydrogens (primary N) is 1. The highest BCUT2D eigenvalue weighted by molar-refractivity contribution is 5.23. The monoisotopic (exact) mass is 155 g/mol. The minimum Gasteiger partial charge on any atom is -0.382 e. The number of methoxy groups -OCH3 is 1. The van der Waals surface area contributed by atoms with Crippen LogP contribution in [0.25, 0.3) is 0 Å². The lowest BCUT2D eigenvalue weighted by Gasteiger charge is -2.08. The molecule has 2 N–H and O–H groups in total. The minimum atomic E-state index is 0.175. The lowest BCUT2D eigenvalue weighted by molar-refractivity contribution is 0.0999. The van der Waals surface area contributed by atoms with Crippen LogP contribution in [0.15, 0.2) is 12.3 Å². The predicted molar refractivity (Wildman–Crippen MR) is 43.1 cm³/mol. The molecule has 0 aliphatic carbocycles. The largest absolute Gasteiger partial charge is 0.382 e. The predicted octanol–water partition coefficient (Wildman–Crippen LogP) is 0.500. The Hall–Kier alpha value is -1.03. The molecule has 0 fully saturated rings. The van der Waals surface area contributed by atoms with E-state index in [0.29, 0.717) is 5.82 Å². The molecule has 0 radical (unpaired) electrons. The Morgan fingerprint density at radius 3 is 3.00 bits per heavy atom. The van der Waals surface area contributed by atoms with Gasteiger partial charge in [0.2, 0.25) is 0 Å². The summed E-state index contributed by atoms with van der Waals surface area (Å²) in [6.45, 7) is 2.73. The number of nitrogens with zero attached hydrogens (tertiary/aromatic N) is 2. The van der Waals surface area contributed by atoms with Crippen molar-refractivity contribution in [3.63, 3.8) is 0 Å². The van der Waals surface area contributed by atoms with E-state index in [1.165, 1.54) is 0 Å². The molecule has 0 aliphatic rings. The van der Waals surface area contributed by atoms with Gasteiger partial charge in [0.05, 0.1) is 12.6 Å². The van der Waals surface area contributed by atoms with Gasteiger partial charge in [-0.2, -0.15) is 5.10 Å². The second-order valence-corrected chi connectivity index (χ2v) is 2.51. The van der Waals surface area contributed by atoms with E-state index in [4.69, 9.17) is 10.5 Å². The summed E-state index contributed by atoms with van der Waals surface area (Å²) < 4.78 is 6.83. The van der Waals surface area contributed by atoms with Crippen LogP contribution in [0.1, 0.15) is 6.92 Å². The molecule has 62 valence electrons. The second kappa shape index (κ2) is 3.39. The second-order valence-electron chi connectivity index (χ2n) is 2.51. The first-order valence-electron chi connectivity index (χ1n) is 3.54. The zero-order chi connectivity index (χ0) is 8.27. The molecule has 1 unspecified atom stereocenters. The third-order valence-electron chi connectivity index (χ3n) is 1.51. The standard InChI is InChI=1S/C7H13N3O/c1-6(11-2)5-10-4-3-7(8)9-10/h3-4,6H,5H2,1-2H3,(H2,8,9). The SMILES string of the molecule is COC(C)Cn1ccc(N)n1. The van der Waals surface area contributed by atoms with Crippen molar-refractivity contribution in [2.24, 2.45) is 0 Å². The first-order chi connectivity index (χ1) is 5.22. The van der Waals surface area contributed by atoms with Gasteiger partial charge in [-0.1, -0.05) is 0 Å². The van der Waals surface area contributed by atoms with Crippen molar-refractivity contribution in [2.75, 3.05) is 12.8 Å². The van der Waals surface area contributed by atoms with E-state index in [1.807, 2.05) is 13.1 Å². The molecule has 0 aliphatic heterocycles. The Kier molecular flexibility index (Phi) is 2.48. The maximum absolute atomic E-state index is 5.42. The van der Waals surface area contributed by atoms with E-state index in [1.54, 1.807) is 17.9 Å². The molecule has 0 aromatic carbocycles. The summed E-state index contributed by atoms with van der Waals surface area (Å²) in [5.41, 5.74) is 5.42. The maximum atomic E-state index is 5.42. The van der Waals surface area contributed by atoms with Crippen molar-refractivity contribution in [3.8, 4) is 0 Å². The zero-order valence-corrected chi connectivity index (χ0v) is 6.82. The lowest BCUT2D eigenvalue weighted by Crippen LogP contribution is -2.15. The Labute approximate surface area is 66.0 Å². The summed E-state index contributed by atoms with van der Waals surface area (Å²) in [5, 5.41) is 4.01. The van der Waals surface area contributed by atoms with Crippen LogP contribution in [0.4, 0.5) is 5.82 Å². The van der Waals surface area contributed by atoms with E-state index in [-0.39, 0.29) is 6.10 Å². The van der Waals surface area contributed by atoms with Crippen LogP contribution in [0.3, 0.4) is 0 Å². The molecule has 0 saturated heterocycles. The summed E-state index contributed by atoms with van der Waals surface area (Å²) in [4.78, 5) is 0. The summed E-state index contributed by atoms with van der Waals surface area (Å²) in [6.07, 6.45) is 2.01. The number of nitrogen functional groups attached to an aromatic ring is 1. The van der Waals surface area contributed by atoms with Crippen LogP contribution >= 0.6 is 0 Å². The zero-order valence-electron chi connectivity index (χ0n) is 6.82. The van der Waals surface area contributed by atoms with Crippen LogP contribution in [0.5, 0.6) is 0 Å². The van der Waals surface area contributed by atoms with Gasteiger partial charge in [-0.05, 0) is 13.0 Å². The number of anilines is 1. The first-order valence-corrected chi connectivity index (χ1v) is 3.54. The molecule has 4 heteroatoms. The molecule has 1 aromatic rings. The van der Waals surface area contributed by atoms with E-state index in [9.17, 15) is 0 Å². The molecule has 0 bridgehead atoms. The van der Waals surface area contributed by atoms with Gasteiger partial charge in [-0.15, -0.1) is 0 Å². The molecular formula is C7H13N3O. The Balaban J connectivity index is 2.50. The van der Waals surface area contributed by atoms with Gasteiger partial charge in [0.15, 0.2) is 0 Å². The minimum absolute atomic E-state index is 0.175. The molecule has 4 nitrogen and oxygen atoms in total. The fraction of sp³-hybridized carbons (Fsp3) is 0.571. The highest BCUT2D eigenvalue weighted by Gasteiger charge is 2.00. The van der Waals surface area contributed by atoms with E-state index >= 15 is 0 Å². The van der Waals surface area contributed by atoms with Gasteiger partial charge in [0.25, 0.3) is 0 Å². The van der Waals surface area contributed by atoms with Crippen molar-refractivity contribution in [2.45, 2.75) is 19.6 Å². The molecule has 1 aromatic heterocycles. The van der Waals surface area contributed by atoms with Crippen molar-refractivity contribution in [3.05, 3.63) is 12.3 Å². The van der Waals surface area contributed by atoms with E-state index < -0.39 is 0 Å². The fourth-order valence-corrected chi connectivity index (χ4v) is 0.817. The third kappa shape index (κ3) is 2.23. The third-order valence-corrected chi connectivity index (χ3v) is 1.51. The fourth-order valence-electron chi connectivity index (χ4n) is 0.817. The molecule has 11 heavy (non-hydrogen) atoms. The van der Waals surface area contributed by atoms with E-state index in [2.05, 4.69) is 5.10 Å². The summed E-state index contributed by atoms with van der Waals surface area (Å²) in [6, 6.07) is 1.77. The molecule has 0 saturated carbocycles. The number of hydrogen-bond donors (Lipinski definition) is 1. The van der Waals surface area contributed by atoms with Crippen LogP contribution in [0.2, 0.25) is 0 Å². The van der Waals surface area contributed by atoms with Gasteiger partial charge in [0, 0.05) is 13.3 Å². The lowest BCUT2D eigenvalue weighted by atomic mass is 10.4. The molecule has 0 amide bonds. The van der Waals surface area contributed by atoms with Crippen molar-refractivity contribution < 1.29 is 4.74 Å². The number of hydrogen-bond acceptors (Lipinski definition) is 3. The summed E-state index contributed by atoms with van der Waals surface area (Å²) in [5.74, 6) is 0.549. The number of aromatic nitrogens is 2. The molecule has 1 atom stereocenters. The Bertz CT molecular complexity index is 221. The van der Waals surface area contributed by atoms with Crippen LogP contribution < -0.4 is 5.73 Å². The molecule has 0 spiro atoms. The van der Waals surface area contributed by atoms with Gasteiger partial charge >= 0.3 is 0 Å². The number of ether oxygens (including phenoxy) is 1. The van der Waals surface area contributed by atoms with Crippen molar-refractivity contribution >= 4 is 5.82 Å². The molecule has 1 heterocycles. The van der Waals surface area contributed by atoms with Gasteiger partial charge in [0.1, 0.15) is 5.82 Å². The molecule has 1 rings (SSSR count). The topological polar surface area (TPSA) is 53.1 Å². The first kappa shape index (κ1) is 8.07. The summed E-state index contributed by atoms with van der Waals surface area (Å²) >= 11 is 0. The van der Waals surface area contributed by atoms with Crippen LogP contribution in [-0.2, 0) is 11.3 Å². The highest BCUT2D eigenvalue weighted by Crippen LogP contribution is 1.98. The quantitative estimate of drug-likeness (QED) is 0.691.